The predicted octanol–water partition coefficient (Wildman–Crippen LogP) is 1.58. The van der Waals surface area contributed by atoms with Crippen molar-refractivity contribution in [1.82, 2.24) is 19.3 Å². The molecule has 3 N–H and O–H groups in total. The van der Waals surface area contributed by atoms with Gasteiger partial charge in [-0.05, 0) is 31.2 Å². The van der Waals surface area contributed by atoms with E-state index in [2.05, 4.69) is 21.8 Å². The normalized spacial score (nSPS) is 16.1. The molecular weight excluding hydrogens is 430 g/mol. The monoisotopic (exact) mass is 458 g/mol. The maximum Gasteiger partial charge on any atom is 0.293 e. The average Bonchev–Trinajstić information content (AvgIpc) is 3.21. The molecule has 5 rings (SSSR count). The number of benzene rings is 1. The molecular formula is C25H28N7O2+. The van der Waals surface area contributed by atoms with E-state index in [-0.39, 0.29) is 18.1 Å². The van der Waals surface area contributed by atoms with Gasteiger partial charge in [0.1, 0.15) is 17.6 Å². The molecule has 4 aromatic rings. The fourth-order valence-corrected chi connectivity index (χ4v) is 4.72. The van der Waals surface area contributed by atoms with Crippen LogP contribution in [0.5, 0.6) is 0 Å². The van der Waals surface area contributed by atoms with E-state index in [9.17, 15) is 10.0 Å². The molecule has 1 saturated heterocycles. The fraction of sp³-hybridized carbons (Fsp3) is 0.360. The van der Waals surface area contributed by atoms with Crippen LogP contribution in [0.25, 0.3) is 21.8 Å². The van der Waals surface area contributed by atoms with Crippen molar-refractivity contribution in [2.45, 2.75) is 45.8 Å². The van der Waals surface area contributed by atoms with Gasteiger partial charge >= 0.3 is 0 Å². The number of hydrogen-bond acceptors (Lipinski definition) is 6. The number of piperidine rings is 1. The van der Waals surface area contributed by atoms with Crippen molar-refractivity contribution >= 4 is 27.8 Å². The fourth-order valence-electron chi connectivity index (χ4n) is 4.72. The summed E-state index contributed by atoms with van der Waals surface area (Å²) in [6, 6.07) is 9.76. The van der Waals surface area contributed by atoms with Gasteiger partial charge in [0.2, 0.25) is 11.6 Å². The lowest BCUT2D eigenvalue weighted by Crippen LogP contribution is -2.44. The second-order valence-corrected chi connectivity index (χ2v) is 8.75. The third kappa shape index (κ3) is 3.76. The minimum Gasteiger partial charge on any atom is -0.341 e. The smallest absolute Gasteiger partial charge is 0.293 e. The van der Waals surface area contributed by atoms with E-state index >= 15 is 0 Å². The van der Waals surface area contributed by atoms with E-state index in [0.29, 0.717) is 41.5 Å². The van der Waals surface area contributed by atoms with E-state index in [4.69, 9.17) is 10.7 Å². The van der Waals surface area contributed by atoms with Crippen LogP contribution in [-0.2, 0) is 13.1 Å². The molecule has 0 unspecified atom stereocenters. The third-order valence-corrected chi connectivity index (χ3v) is 6.41. The largest absolute Gasteiger partial charge is 0.341 e. The Labute approximate surface area is 197 Å². The van der Waals surface area contributed by atoms with E-state index in [1.165, 1.54) is 4.68 Å². The quantitative estimate of drug-likeness (QED) is 0.273. The molecule has 0 amide bonds. The van der Waals surface area contributed by atoms with Gasteiger partial charge in [-0.25, -0.2) is 9.67 Å². The lowest BCUT2D eigenvalue weighted by molar-refractivity contribution is -0.912. The Kier molecular flexibility index (Phi) is 5.67. The second kappa shape index (κ2) is 8.80. The molecule has 0 saturated carbocycles. The first-order valence-corrected chi connectivity index (χ1v) is 11.5. The Morgan fingerprint density at radius 1 is 1.32 bits per heavy atom. The van der Waals surface area contributed by atoms with Crippen LogP contribution >= 0.6 is 0 Å². The molecule has 9 heteroatoms. The molecule has 174 valence electrons. The number of nitrogens with two attached hydrogens (primary N) is 1. The molecule has 0 spiro atoms. The van der Waals surface area contributed by atoms with Crippen molar-refractivity contribution in [2.24, 2.45) is 5.73 Å². The first-order valence-electron chi connectivity index (χ1n) is 11.5. The molecule has 1 aliphatic rings. The van der Waals surface area contributed by atoms with Crippen LogP contribution < -0.4 is 20.9 Å². The molecule has 3 aromatic heterocycles. The molecule has 34 heavy (non-hydrogen) atoms. The summed E-state index contributed by atoms with van der Waals surface area (Å²) >= 11 is 0. The molecule has 1 aromatic carbocycles. The molecule has 0 radical (unpaired) electrons. The molecule has 1 aliphatic heterocycles. The van der Waals surface area contributed by atoms with Gasteiger partial charge in [-0.3, -0.25) is 14.6 Å². The van der Waals surface area contributed by atoms with Crippen molar-refractivity contribution in [3.05, 3.63) is 58.3 Å². The van der Waals surface area contributed by atoms with Crippen molar-refractivity contribution < 1.29 is 9.94 Å². The average molecular weight is 459 g/mol. The highest BCUT2D eigenvalue weighted by Crippen LogP contribution is 2.23. The van der Waals surface area contributed by atoms with Gasteiger partial charge in [0.15, 0.2) is 0 Å². The van der Waals surface area contributed by atoms with Crippen LogP contribution in [0.1, 0.15) is 31.2 Å². The summed E-state index contributed by atoms with van der Waals surface area (Å²) in [5.41, 5.74) is 8.18. The molecule has 1 fully saturated rings. The standard InChI is InChI=1S/C25H28N7O2/c1-3-4-12-30-23-21(28-25(30)29-11-7-9-19(26)15-29)14-27-31(24(23)33)16-22-20-10-6-5-8-18(20)13-17(2)32(22)34/h5-6,8,10,13-14,19,34H,7,9,11-12,15-16,26H2,1-2H3/q+1/t19-/m1/s1. The zero-order valence-corrected chi connectivity index (χ0v) is 19.4. The Hall–Kier alpha value is -3.90. The van der Waals surface area contributed by atoms with Crippen LogP contribution in [0.2, 0.25) is 0 Å². The van der Waals surface area contributed by atoms with Gasteiger partial charge in [-0.2, -0.15) is 5.10 Å². The highest BCUT2D eigenvalue weighted by molar-refractivity contribution is 5.84. The zero-order chi connectivity index (χ0) is 23.8. The summed E-state index contributed by atoms with van der Waals surface area (Å²) in [7, 11) is 0. The van der Waals surface area contributed by atoms with E-state index in [1.807, 2.05) is 41.8 Å². The summed E-state index contributed by atoms with van der Waals surface area (Å²) in [6.45, 7) is 5.58. The lowest BCUT2D eigenvalue weighted by Gasteiger charge is -2.31. The van der Waals surface area contributed by atoms with Crippen LogP contribution in [0.3, 0.4) is 0 Å². The second-order valence-electron chi connectivity index (χ2n) is 8.75. The number of aryl methyl sites for hydroxylation is 1. The van der Waals surface area contributed by atoms with Gasteiger partial charge in [-0.1, -0.05) is 24.1 Å². The predicted molar refractivity (Wildman–Crippen MR) is 130 cm³/mol. The van der Waals surface area contributed by atoms with Crippen molar-refractivity contribution in [3.63, 3.8) is 0 Å². The minimum absolute atomic E-state index is 0.0728. The Morgan fingerprint density at radius 2 is 2.15 bits per heavy atom. The zero-order valence-electron chi connectivity index (χ0n) is 19.4. The molecule has 4 heterocycles. The molecule has 9 nitrogen and oxygen atoms in total. The summed E-state index contributed by atoms with van der Waals surface area (Å²) in [5, 5.41) is 17.0. The van der Waals surface area contributed by atoms with Crippen LogP contribution in [0.15, 0.2) is 41.3 Å². The number of hydrogen-bond donors (Lipinski definition) is 2. The summed E-state index contributed by atoms with van der Waals surface area (Å²) in [6.07, 6.45) is 3.56. The Morgan fingerprint density at radius 3 is 2.94 bits per heavy atom. The van der Waals surface area contributed by atoms with E-state index in [1.54, 1.807) is 13.1 Å². The molecule has 0 aliphatic carbocycles. The number of aromatic nitrogens is 5. The number of fused-ring (bicyclic) bond motifs is 2. The van der Waals surface area contributed by atoms with Crippen LogP contribution in [-0.4, -0.2) is 43.7 Å². The molecule has 1 atom stereocenters. The van der Waals surface area contributed by atoms with Crippen molar-refractivity contribution in [3.8, 4) is 11.8 Å². The lowest BCUT2D eigenvalue weighted by atomic mass is 10.1. The van der Waals surface area contributed by atoms with Gasteiger partial charge in [0, 0.05) is 36.9 Å². The maximum atomic E-state index is 13.7. The van der Waals surface area contributed by atoms with Gasteiger partial charge in [0.05, 0.1) is 18.1 Å². The number of imidazole rings is 1. The maximum absolute atomic E-state index is 13.7. The highest BCUT2D eigenvalue weighted by atomic mass is 16.5. The van der Waals surface area contributed by atoms with E-state index < -0.39 is 0 Å². The summed E-state index contributed by atoms with van der Waals surface area (Å²) in [5.74, 6) is 6.68. The first kappa shape index (κ1) is 21.9. The van der Waals surface area contributed by atoms with Crippen molar-refractivity contribution in [1.29, 1.82) is 0 Å². The third-order valence-electron chi connectivity index (χ3n) is 6.41. The van der Waals surface area contributed by atoms with Crippen LogP contribution in [0, 0.1) is 18.8 Å². The van der Waals surface area contributed by atoms with Gasteiger partial charge < -0.3 is 10.6 Å². The van der Waals surface area contributed by atoms with E-state index in [0.717, 1.165) is 34.9 Å². The molecule has 0 bridgehead atoms. The summed E-state index contributed by atoms with van der Waals surface area (Å²) < 4.78 is 4.37. The Balaban J connectivity index is 1.65. The Bertz CT molecular complexity index is 1510. The van der Waals surface area contributed by atoms with Crippen molar-refractivity contribution in [2.75, 3.05) is 18.0 Å². The number of nitrogens with zero attached hydrogens (tertiary/aromatic N) is 6. The van der Waals surface area contributed by atoms with Gasteiger partial charge in [-0.15, -0.1) is 5.92 Å². The van der Waals surface area contributed by atoms with Gasteiger partial charge in [0.25, 0.3) is 11.3 Å². The highest BCUT2D eigenvalue weighted by Gasteiger charge is 2.26. The topological polar surface area (TPSA) is 106 Å². The number of pyridine rings is 1. The SMILES string of the molecule is CC#CCn1c(N2CCC[C@@H](N)C2)nc2cnn(Cc3c4ccccc4cc(C)[n+]3O)c(=O)c21. The number of rotatable bonds is 4. The minimum atomic E-state index is -0.277. The number of anilines is 1. The summed E-state index contributed by atoms with van der Waals surface area (Å²) in [4.78, 5) is 20.5. The first-order chi connectivity index (χ1) is 16.5. The van der Waals surface area contributed by atoms with Crippen LogP contribution in [0.4, 0.5) is 5.95 Å².